The number of aliphatic hydroxyl groups is 1. The smallest absolute Gasteiger partial charge is 0.138 e. The molecule has 2 atom stereocenters. The van der Waals surface area contributed by atoms with E-state index < -0.39 is 0 Å². The Hall–Kier alpha value is -1.72. The third-order valence-corrected chi connectivity index (χ3v) is 3.41. The molecule has 0 aliphatic rings. The highest BCUT2D eigenvalue weighted by Crippen LogP contribution is 2.16. The van der Waals surface area contributed by atoms with E-state index in [0.717, 1.165) is 18.5 Å². The van der Waals surface area contributed by atoms with Crippen molar-refractivity contribution in [3.8, 4) is 5.69 Å². The van der Waals surface area contributed by atoms with Gasteiger partial charge in [-0.2, -0.15) is 5.10 Å². The third-order valence-electron chi connectivity index (χ3n) is 3.41. The average Bonchev–Trinajstić information content (AvgIpc) is 2.99. The van der Waals surface area contributed by atoms with Gasteiger partial charge in [-0.25, -0.2) is 9.67 Å². The maximum absolute atomic E-state index is 8.85. The van der Waals surface area contributed by atoms with E-state index in [1.807, 2.05) is 12.1 Å². The topological polar surface area (TPSA) is 63.0 Å². The SMILES string of the molecule is C[C@H](N[C@@H](C)CCCO)c1ccc(-n2cncn2)cc1. The van der Waals surface area contributed by atoms with E-state index in [1.165, 1.54) is 11.9 Å². The van der Waals surface area contributed by atoms with Crippen molar-refractivity contribution in [2.24, 2.45) is 0 Å². The van der Waals surface area contributed by atoms with Gasteiger partial charge >= 0.3 is 0 Å². The van der Waals surface area contributed by atoms with Crippen LogP contribution >= 0.6 is 0 Å². The molecule has 1 aromatic carbocycles. The molecule has 0 aliphatic carbocycles. The van der Waals surface area contributed by atoms with E-state index in [2.05, 4.69) is 41.4 Å². The molecule has 2 aromatic rings. The van der Waals surface area contributed by atoms with Gasteiger partial charge in [0.1, 0.15) is 12.7 Å². The fourth-order valence-electron chi connectivity index (χ4n) is 2.26. The Labute approximate surface area is 119 Å². The van der Waals surface area contributed by atoms with Gasteiger partial charge in [0.25, 0.3) is 0 Å². The zero-order valence-corrected chi connectivity index (χ0v) is 12.0. The molecule has 0 amide bonds. The Bertz CT molecular complexity index is 495. The van der Waals surface area contributed by atoms with Gasteiger partial charge in [-0.1, -0.05) is 12.1 Å². The molecule has 5 nitrogen and oxygen atoms in total. The number of nitrogens with one attached hydrogen (secondary N) is 1. The van der Waals surface area contributed by atoms with Gasteiger partial charge in [0.15, 0.2) is 0 Å². The molecule has 0 bridgehead atoms. The summed E-state index contributed by atoms with van der Waals surface area (Å²) < 4.78 is 1.74. The van der Waals surface area contributed by atoms with Crippen LogP contribution in [0.4, 0.5) is 0 Å². The molecule has 0 spiro atoms. The van der Waals surface area contributed by atoms with Gasteiger partial charge < -0.3 is 10.4 Å². The molecule has 0 radical (unpaired) electrons. The average molecular weight is 274 g/mol. The van der Waals surface area contributed by atoms with Crippen LogP contribution in [0.1, 0.15) is 38.3 Å². The lowest BCUT2D eigenvalue weighted by molar-refractivity contribution is 0.274. The highest BCUT2D eigenvalue weighted by Gasteiger charge is 2.09. The summed E-state index contributed by atoms with van der Waals surface area (Å²) in [5, 5.41) is 16.5. The molecule has 20 heavy (non-hydrogen) atoms. The standard InChI is InChI=1S/C15H22N4O/c1-12(4-3-9-20)18-13(2)14-5-7-15(8-6-14)19-11-16-10-17-19/h5-8,10-13,18,20H,3-4,9H2,1-2H3/t12-,13-/m0/s1. The van der Waals surface area contributed by atoms with Crippen LogP contribution in [0.5, 0.6) is 0 Å². The molecule has 0 unspecified atom stereocenters. The van der Waals surface area contributed by atoms with Gasteiger partial charge in [0.2, 0.25) is 0 Å². The molecular weight excluding hydrogens is 252 g/mol. The van der Waals surface area contributed by atoms with E-state index in [1.54, 1.807) is 11.0 Å². The second-order valence-corrected chi connectivity index (χ2v) is 5.09. The zero-order chi connectivity index (χ0) is 14.4. The molecule has 0 fully saturated rings. The summed E-state index contributed by atoms with van der Waals surface area (Å²) in [6.07, 6.45) is 5.04. The minimum atomic E-state index is 0.257. The van der Waals surface area contributed by atoms with Crippen LogP contribution in [0.3, 0.4) is 0 Å². The normalized spacial score (nSPS) is 14.2. The Balaban J connectivity index is 1.95. The number of benzene rings is 1. The molecule has 2 N–H and O–H groups in total. The predicted molar refractivity (Wildman–Crippen MR) is 78.7 cm³/mol. The Morgan fingerprint density at radius 2 is 2.00 bits per heavy atom. The van der Waals surface area contributed by atoms with Gasteiger partial charge in [0, 0.05) is 18.7 Å². The van der Waals surface area contributed by atoms with Crippen molar-refractivity contribution in [1.29, 1.82) is 0 Å². The lowest BCUT2D eigenvalue weighted by Crippen LogP contribution is -2.29. The van der Waals surface area contributed by atoms with Crippen molar-refractivity contribution in [2.45, 2.75) is 38.8 Å². The Morgan fingerprint density at radius 1 is 1.25 bits per heavy atom. The summed E-state index contributed by atoms with van der Waals surface area (Å²) in [7, 11) is 0. The molecule has 108 valence electrons. The summed E-state index contributed by atoms with van der Waals surface area (Å²) in [6.45, 7) is 4.56. The number of nitrogens with zero attached hydrogens (tertiary/aromatic N) is 3. The van der Waals surface area contributed by atoms with E-state index >= 15 is 0 Å². The van der Waals surface area contributed by atoms with Crippen LogP contribution in [0.15, 0.2) is 36.9 Å². The molecule has 0 saturated heterocycles. The lowest BCUT2D eigenvalue weighted by atomic mass is 10.1. The second-order valence-electron chi connectivity index (χ2n) is 5.09. The first-order valence-corrected chi connectivity index (χ1v) is 7.02. The molecule has 0 aliphatic heterocycles. The summed E-state index contributed by atoms with van der Waals surface area (Å²) in [6, 6.07) is 8.97. The Morgan fingerprint density at radius 3 is 2.60 bits per heavy atom. The van der Waals surface area contributed by atoms with Crippen molar-refractivity contribution < 1.29 is 5.11 Å². The minimum absolute atomic E-state index is 0.257. The van der Waals surface area contributed by atoms with Crippen molar-refractivity contribution >= 4 is 0 Å². The van der Waals surface area contributed by atoms with Crippen molar-refractivity contribution in [3.63, 3.8) is 0 Å². The molecule has 2 rings (SSSR count). The molecule has 1 aromatic heterocycles. The van der Waals surface area contributed by atoms with Gasteiger partial charge in [-0.3, -0.25) is 0 Å². The second kappa shape index (κ2) is 7.17. The lowest BCUT2D eigenvalue weighted by Gasteiger charge is -2.20. The van der Waals surface area contributed by atoms with E-state index in [9.17, 15) is 0 Å². The molecule has 0 saturated carbocycles. The number of hydrogen-bond donors (Lipinski definition) is 2. The fraction of sp³-hybridized carbons (Fsp3) is 0.467. The summed E-state index contributed by atoms with van der Waals surface area (Å²) in [5.41, 5.74) is 2.25. The predicted octanol–water partition coefficient (Wildman–Crippen LogP) is 2.08. The monoisotopic (exact) mass is 274 g/mol. The van der Waals surface area contributed by atoms with Crippen molar-refractivity contribution in [2.75, 3.05) is 6.61 Å². The molecular formula is C15H22N4O. The quantitative estimate of drug-likeness (QED) is 0.811. The van der Waals surface area contributed by atoms with Gasteiger partial charge in [0.05, 0.1) is 5.69 Å². The van der Waals surface area contributed by atoms with E-state index in [0.29, 0.717) is 6.04 Å². The maximum atomic E-state index is 8.85. The third kappa shape index (κ3) is 3.88. The van der Waals surface area contributed by atoms with Crippen LogP contribution in [0, 0.1) is 0 Å². The minimum Gasteiger partial charge on any atom is -0.396 e. The number of aromatic nitrogens is 3. The van der Waals surface area contributed by atoms with Crippen LogP contribution in [-0.4, -0.2) is 32.5 Å². The first kappa shape index (κ1) is 14.7. The van der Waals surface area contributed by atoms with Crippen molar-refractivity contribution in [3.05, 3.63) is 42.5 Å². The van der Waals surface area contributed by atoms with Crippen LogP contribution < -0.4 is 5.32 Å². The summed E-state index contributed by atoms with van der Waals surface area (Å²) >= 11 is 0. The largest absolute Gasteiger partial charge is 0.396 e. The van der Waals surface area contributed by atoms with Crippen LogP contribution in [0.2, 0.25) is 0 Å². The number of rotatable bonds is 7. The first-order chi connectivity index (χ1) is 9.70. The molecule has 1 heterocycles. The molecule has 5 heteroatoms. The summed E-state index contributed by atoms with van der Waals surface area (Å²) in [5.74, 6) is 0. The van der Waals surface area contributed by atoms with E-state index in [4.69, 9.17) is 5.11 Å². The number of hydrogen-bond acceptors (Lipinski definition) is 4. The van der Waals surface area contributed by atoms with Crippen LogP contribution in [-0.2, 0) is 0 Å². The van der Waals surface area contributed by atoms with Gasteiger partial charge in [-0.15, -0.1) is 0 Å². The zero-order valence-electron chi connectivity index (χ0n) is 12.0. The summed E-state index contributed by atoms with van der Waals surface area (Å²) in [4.78, 5) is 3.94. The maximum Gasteiger partial charge on any atom is 0.138 e. The van der Waals surface area contributed by atoms with Gasteiger partial charge in [-0.05, 0) is 44.4 Å². The highest BCUT2D eigenvalue weighted by atomic mass is 16.2. The Kier molecular flexibility index (Phi) is 5.26. The highest BCUT2D eigenvalue weighted by molar-refractivity contribution is 5.34. The first-order valence-electron chi connectivity index (χ1n) is 7.02. The van der Waals surface area contributed by atoms with Crippen molar-refractivity contribution in [1.82, 2.24) is 20.1 Å². The van der Waals surface area contributed by atoms with Crippen LogP contribution in [0.25, 0.3) is 5.69 Å². The number of aliphatic hydroxyl groups excluding tert-OH is 1. The fourth-order valence-corrected chi connectivity index (χ4v) is 2.26. The van der Waals surface area contributed by atoms with E-state index in [-0.39, 0.29) is 12.6 Å².